The van der Waals surface area contributed by atoms with Crippen molar-refractivity contribution in [2.75, 3.05) is 44.7 Å². The van der Waals surface area contributed by atoms with Crippen LogP contribution >= 0.6 is 11.6 Å². The highest BCUT2D eigenvalue weighted by Crippen LogP contribution is 2.26. The van der Waals surface area contributed by atoms with Gasteiger partial charge in [0, 0.05) is 43.4 Å². The van der Waals surface area contributed by atoms with Crippen LogP contribution in [0.15, 0.2) is 42.5 Å². The number of nitrogens with one attached hydrogen (secondary N) is 1. The Bertz CT molecular complexity index is 691. The number of rotatable bonds is 7. The maximum atomic E-state index is 5.94. The molecule has 1 heterocycles. The number of nitrogens with zero attached hydrogens (tertiary/aromatic N) is 2. The van der Waals surface area contributed by atoms with Crippen LogP contribution in [0.2, 0.25) is 5.02 Å². The van der Waals surface area contributed by atoms with Crippen molar-refractivity contribution in [1.29, 1.82) is 0 Å². The lowest BCUT2D eigenvalue weighted by molar-refractivity contribution is 0.312. The Balaban J connectivity index is 1.51. The molecule has 0 aromatic heterocycles. The third-order valence-electron chi connectivity index (χ3n) is 5.25. The van der Waals surface area contributed by atoms with Crippen molar-refractivity contribution in [3.63, 3.8) is 0 Å². The van der Waals surface area contributed by atoms with Crippen LogP contribution < -0.4 is 10.2 Å². The second-order valence-corrected chi connectivity index (χ2v) is 7.71. The quantitative estimate of drug-likeness (QED) is 0.738. The van der Waals surface area contributed by atoms with E-state index >= 15 is 0 Å². The molecule has 0 aliphatic carbocycles. The topological polar surface area (TPSA) is 18.5 Å². The third-order valence-corrected chi connectivity index (χ3v) is 5.50. The molecule has 0 radical (unpaired) electrons. The first kappa shape index (κ1) is 19.2. The molecule has 1 aliphatic heterocycles. The van der Waals surface area contributed by atoms with Crippen LogP contribution in [0.1, 0.15) is 23.1 Å². The van der Waals surface area contributed by atoms with Gasteiger partial charge in [0.2, 0.25) is 0 Å². The minimum atomic E-state index is 0.796. The van der Waals surface area contributed by atoms with Gasteiger partial charge in [-0.15, -0.1) is 0 Å². The van der Waals surface area contributed by atoms with Gasteiger partial charge in [-0.2, -0.15) is 0 Å². The van der Waals surface area contributed by atoms with Gasteiger partial charge >= 0.3 is 0 Å². The Labute approximate surface area is 163 Å². The molecule has 4 heteroatoms. The molecule has 1 saturated heterocycles. The Morgan fingerprint density at radius 3 is 2.46 bits per heavy atom. The largest absolute Gasteiger partial charge is 0.369 e. The highest BCUT2D eigenvalue weighted by atomic mass is 35.5. The molecule has 0 amide bonds. The standard InChI is InChI=1S/C22H30ClN3/c1-18-5-3-7-22(26-15-13-25(2)14-16-26)21(18)6-4-12-24-17-19-8-10-20(23)11-9-19/h3,5,7-11,24H,4,6,12-17H2,1-2H3. The zero-order valence-electron chi connectivity index (χ0n) is 16.0. The number of hydrogen-bond acceptors (Lipinski definition) is 3. The molecule has 26 heavy (non-hydrogen) atoms. The fraction of sp³-hybridized carbons (Fsp3) is 0.455. The van der Waals surface area contributed by atoms with E-state index in [1.807, 2.05) is 12.1 Å². The summed E-state index contributed by atoms with van der Waals surface area (Å²) in [5.74, 6) is 0. The predicted molar refractivity (Wildman–Crippen MR) is 112 cm³/mol. The van der Waals surface area contributed by atoms with E-state index in [-0.39, 0.29) is 0 Å². The molecular formula is C22H30ClN3. The molecule has 1 fully saturated rings. The summed E-state index contributed by atoms with van der Waals surface area (Å²) in [7, 11) is 2.21. The second kappa shape index (κ2) is 9.40. The van der Waals surface area contributed by atoms with Crippen LogP contribution in [0.5, 0.6) is 0 Å². The number of benzene rings is 2. The summed E-state index contributed by atoms with van der Waals surface area (Å²) in [6.45, 7) is 8.72. The summed E-state index contributed by atoms with van der Waals surface area (Å²) in [5.41, 5.74) is 5.66. The first-order valence-electron chi connectivity index (χ1n) is 9.60. The maximum Gasteiger partial charge on any atom is 0.0406 e. The van der Waals surface area contributed by atoms with Crippen LogP contribution in [0.4, 0.5) is 5.69 Å². The lowest BCUT2D eigenvalue weighted by Crippen LogP contribution is -2.44. The van der Waals surface area contributed by atoms with Gasteiger partial charge in [-0.3, -0.25) is 0 Å². The average Bonchev–Trinajstić information content (AvgIpc) is 2.65. The minimum absolute atomic E-state index is 0.796. The van der Waals surface area contributed by atoms with Gasteiger partial charge in [-0.05, 0) is 68.2 Å². The van der Waals surface area contributed by atoms with Crippen LogP contribution in [0, 0.1) is 6.92 Å². The number of hydrogen-bond donors (Lipinski definition) is 1. The van der Waals surface area contributed by atoms with E-state index in [2.05, 4.69) is 59.4 Å². The first-order chi connectivity index (χ1) is 12.6. The van der Waals surface area contributed by atoms with Crippen molar-refractivity contribution in [2.45, 2.75) is 26.3 Å². The van der Waals surface area contributed by atoms with Gasteiger partial charge in [0.25, 0.3) is 0 Å². The molecule has 140 valence electrons. The molecule has 0 bridgehead atoms. The molecule has 0 unspecified atom stereocenters. The van der Waals surface area contributed by atoms with Gasteiger partial charge in [0.05, 0.1) is 0 Å². The molecule has 1 aliphatic rings. The molecule has 2 aromatic carbocycles. The van der Waals surface area contributed by atoms with Crippen molar-refractivity contribution >= 4 is 17.3 Å². The number of likely N-dealkylation sites (N-methyl/N-ethyl adjacent to an activating group) is 1. The Hall–Kier alpha value is -1.55. The van der Waals surface area contributed by atoms with Gasteiger partial charge < -0.3 is 15.1 Å². The molecular weight excluding hydrogens is 342 g/mol. The number of aryl methyl sites for hydroxylation is 1. The maximum absolute atomic E-state index is 5.94. The van der Waals surface area contributed by atoms with E-state index in [1.165, 1.54) is 22.4 Å². The van der Waals surface area contributed by atoms with Crippen LogP contribution in [0.25, 0.3) is 0 Å². The normalized spacial score (nSPS) is 15.4. The van der Waals surface area contributed by atoms with Crippen LogP contribution in [-0.4, -0.2) is 44.7 Å². The van der Waals surface area contributed by atoms with E-state index in [4.69, 9.17) is 11.6 Å². The summed E-state index contributed by atoms with van der Waals surface area (Å²) < 4.78 is 0. The molecule has 2 aromatic rings. The van der Waals surface area contributed by atoms with Crippen molar-refractivity contribution in [2.24, 2.45) is 0 Å². The van der Waals surface area contributed by atoms with E-state index in [9.17, 15) is 0 Å². The Kier molecular flexibility index (Phi) is 6.95. The van der Waals surface area contributed by atoms with Crippen LogP contribution in [0.3, 0.4) is 0 Å². The molecule has 0 spiro atoms. The smallest absolute Gasteiger partial charge is 0.0406 e. The SMILES string of the molecule is Cc1cccc(N2CCN(C)CC2)c1CCCNCc1ccc(Cl)cc1. The minimum Gasteiger partial charge on any atom is -0.369 e. The van der Waals surface area contributed by atoms with E-state index < -0.39 is 0 Å². The fourth-order valence-corrected chi connectivity index (χ4v) is 3.71. The molecule has 0 saturated carbocycles. The highest BCUT2D eigenvalue weighted by molar-refractivity contribution is 6.30. The predicted octanol–water partition coefficient (Wildman–Crippen LogP) is 4.12. The van der Waals surface area contributed by atoms with Crippen molar-refractivity contribution in [3.8, 4) is 0 Å². The van der Waals surface area contributed by atoms with Gasteiger partial charge in [0.15, 0.2) is 0 Å². The number of piperazine rings is 1. The number of halogens is 1. The van der Waals surface area contributed by atoms with E-state index in [0.717, 1.165) is 57.1 Å². The lowest BCUT2D eigenvalue weighted by atomic mass is 10.00. The summed E-state index contributed by atoms with van der Waals surface area (Å²) in [6.07, 6.45) is 2.28. The summed E-state index contributed by atoms with van der Waals surface area (Å²) in [6, 6.07) is 14.8. The molecule has 3 rings (SSSR count). The van der Waals surface area contributed by atoms with Gasteiger partial charge in [-0.1, -0.05) is 35.9 Å². The lowest BCUT2D eigenvalue weighted by Gasteiger charge is -2.35. The third kappa shape index (κ3) is 5.23. The Morgan fingerprint density at radius 1 is 1.00 bits per heavy atom. The summed E-state index contributed by atoms with van der Waals surface area (Å²) >= 11 is 5.94. The first-order valence-corrected chi connectivity index (χ1v) is 9.98. The number of anilines is 1. The summed E-state index contributed by atoms with van der Waals surface area (Å²) in [5, 5.41) is 4.35. The molecule has 3 nitrogen and oxygen atoms in total. The second-order valence-electron chi connectivity index (χ2n) is 7.27. The highest BCUT2D eigenvalue weighted by Gasteiger charge is 2.17. The zero-order chi connectivity index (χ0) is 18.4. The fourth-order valence-electron chi connectivity index (χ4n) is 3.58. The van der Waals surface area contributed by atoms with Crippen molar-refractivity contribution in [3.05, 3.63) is 64.2 Å². The Morgan fingerprint density at radius 2 is 1.73 bits per heavy atom. The van der Waals surface area contributed by atoms with Crippen molar-refractivity contribution < 1.29 is 0 Å². The van der Waals surface area contributed by atoms with Gasteiger partial charge in [-0.25, -0.2) is 0 Å². The van der Waals surface area contributed by atoms with E-state index in [0.29, 0.717) is 0 Å². The van der Waals surface area contributed by atoms with Gasteiger partial charge in [0.1, 0.15) is 0 Å². The molecule has 1 N–H and O–H groups in total. The average molecular weight is 372 g/mol. The van der Waals surface area contributed by atoms with Crippen LogP contribution in [-0.2, 0) is 13.0 Å². The summed E-state index contributed by atoms with van der Waals surface area (Å²) in [4.78, 5) is 4.97. The molecule has 0 atom stereocenters. The zero-order valence-corrected chi connectivity index (χ0v) is 16.7. The van der Waals surface area contributed by atoms with Crippen molar-refractivity contribution in [1.82, 2.24) is 10.2 Å². The van der Waals surface area contributed by atoms with E-state index in [1.54, 1.807) is 0 Å². The monoisotopic (exact) mass is 371 g/mol.